The van der Waals surface area contributed by atoms with E-state index in [1.54, 1.807) is 4.68 Å². The van der Waals surface area contributed by atoms with Crippen molar-refractivity contribution in [3.8, 4) is 0 Å². The van der Waals surface area contributed by atoms with E-state index in [0.717, 1.165) is 11.4 Å². The molecule has 0 amide bonds. The van der Waals surface area contributed by atoms with Gasteiger partial charge in [-0.05, 0) is 47.2 Å². The lowest BCUT2D eigenvalue weighted by atomic mass is 10.3. The zero-order chi connectivity index (χ0) is 12.8. The first-order valence-electron chi connectivity index (χ1n) is 5.77. The highest BCUT2D eigenvalue weighted by Crippen LogP contribution is 2.13. The monoisotopic (exact) mass is 358 g/mol. The van der Waals surface area contributed by atoms with E-state index in [-0.39, 0.29) is 6.61 Å². The van der Waals surface area contributed by atoms with Gasteiger partial charge in [0, 0.05) is 22.4 Å². The first kappa shape index (κ1) is 13.3. The third-order valence-corrected chi connectivity index (χ3v) is 3.10. The number of benzene rings is 1. The third kappa shape index (κ3) is 3.95. The number of anilines is 1. The van der Waals surface area contributed by atoms with Gasteiger partial charge >= 0.3 is 0 Å². The van der Waals surface area contributed by atoms with E-state index in [0.29, 0.717) is 19.5 Å². The van der Waals surface area contributed by atoms with Crippen LogP contribution in [-0.4, -0.2) is 26.7 Å². The van der Waals surface area contributed by atoms with Crippen LogP contribution in [-0.2, 0) is 13.1 Å². The van der Waals surface area contributed by atoms with Gasteiger partial charge in [0.2, 0.25) is 0 Å². The Bertz CT molecular complexity index is 500. The Morgan fingerprint density at radius 1 is 1.39 bits per heavy atom. The zero-order valence-electron chi connectivity index (χ0n) is 9.88. The Kier molecular flexibility index (Phi) is 4.94. The molecule has 0 radical (unpaired) electrons. The smallest absolute Gasteiger partial charge is 0.102 e. The lowest BCUT2D eigenvalue weighted by Crippen LogP contribution is -2.01. The second kappa shape index (κ2) is 6.69. The van der Waals surface area contributed by atoms with Crippen molar-refractivity contribution in [1.29, 1.82) is 0 Å². The first-order valence-corrected chi connectivity index (χ1v) is 6.85. The van der Waals surface area contributed by atoms with Gasteiger partial charge in [-0.1, -0.05) is 11.3 Å². The maximum atomic E-state index is 8.74. The van der Waals surface area contributed by atoms with Gasteiger partial charge < -0.3 is 10.4 Å². The van der Waals surface area contributed by atoms with Crippen molar-refractivity contribution in [1.82, 2.24) is 15.0 Å². The van der Waals surface area contributed by atoms with E-state index in [4.69, 9.17) is 5.11 Å². The number of aryl methyl sites for hydroxylation is 1. The van der Waals surface area contributed by atoms with Gasteiger partial charge in [0.15, 0.2) is 0 Å². The van der Waals surface area contributed by atoms with Crippen LogP contribution in [0.4, 0.5) is 5.69 Å². The minimum absolute atomic E-state index is 0.176. The molecule has 0 aliphatic heterocycles. The molecule has 0 spiro atoms. The molecular formula is C12H15IN4O. The average molecular weight is 358 g/mol. The number of halogens is 1. The van der Waals surface area contributed by atoms with Gasteiger partial charge in [0.1, 0.15) is 5.69 Å². The van der Waals surface area contributed by atoms with E-state index in [9.17, 15) is 0 Å². The van der Waals surface area contributed by atoms with E-state index in [2.05, 4.69) is 50.4 Å². The number of aliphatic hydroxyl groups excluding tert-OH is 1. The van der Waals surface area contributed by atoms with E-state index in [1.807, 2.05) is 18.3 Å². The second-order valence-electron chi connectivity index (χ2n) is 3.91. The molecule has 0 aliphatic rings. The summed E-state index contributed by atoms with van der Waals surface area (Å²) in [5.74, 6) is 0. The molecule has 96 valence electrons. The SMILES string of the molecule is OCCCn1cc(CNc2cccc(I)c2)nn1. The highest BCUT2D eigenvalue weighted by Gasteiger charge is 2.00. The standard InChI is InChI=1S/C12H15IN4O/c13-10-3-1-4-11(7-10)14-8-12-9-17(16-15-12)5-2-6-18/h1,3-4,7,9,14,18H,2,5-6,8H2. The van der Waals surface area contributed by atoms with Gasteiger partial charge in [-0.25, -0.2) is 0 Å². The summed E-state index contributed by atoms with van der Waals surface area (Å²) in [6, 6.07) is 8.17. The number of aliphatic hydroxyl groups is 1. The number of aromatic nitrogens is 3. The van der Waals surface area contributed by atoms with Crippen molar-refractivity contribution in [3.63, 3.8) is 0 Å². The summed E-state index contributed by atoms with van der Waals surface area (Å²) in [7, 11) is 0. The first-order chi connectivity index (χ1) is 8.78. The average Bonchev–Trinajstić information content (AvgIpc) is 2.82. The third-order valence-electron chi connectivity index (χ3n) is 2.43. The number of hydrogen-bond acceptors (Lipinski definition) is 4. The van der Waals surface area contributed by atoms with Crippen LogP contribution in [0.15, 0.2) is 30.5 Å². The second-order valence-corrected chi connectivity index (χ2v) is 5.16. The van der Waals surface area contributed by atoms with Crippen molar-refractivity contribution < 1.29 is 5.11 Å². The van der Waals surface area contributed by atoms with E-state index >= 15 is 0 Å². The van der Waals surface area contributed by atoms with Crippen molar-refractivity contribution in [2.45, 2.75) is 19.5 Å². The molecule has 2 rings (SSSR count). The molecule has 0 fully saturated rings. The number of rotatable bonds is 6. The molecule has 0 saturated carbocycles. The lowest BCUT2D eigenvalue weighted by Gasteiger charge is -2.03. The minimum Gasteiger partial charge on any atom is -0.396 e. The largest absolute Gasteiger partial charge is 0.396 e. The summed E-state index contributed by atoms with van der Waals surface area (Å²) in [5.41, 5.74) is 1.97. The van der Waals surface area contributed by atoms with Gasteiger partial charge in [0.25, 0.3) is 0 Å². The van der Waals surface area contributed by atoms with Gasteiger partial charge in [-0.2, -0.15) is 0 Å². The summed E-state index contributed by atoms with van der Waals surface area (Å²) in [5, 5.41) is 20.1. The molecular weight excluding hydrogens is 343 g/mol. The summed E-state index contributed by atoms with van der Waals surface area (Å²) in [6.07, 6.45) is 2.60. The maximum Gasteiger partial charge on any atom is 0.102 e. The zero-order valence-corrected chi connectivity index (χ0v) is 12.0. The number of hydrogen-bond donors (Lipinski definition) is 2. The fraction of sp³-hybridized carbons (Fsp3) is 0.333. The predicted octanol–water partition coefficient (Wildman–Crippen LogP) is 1.88. The molecule has 6 heteroatoms. The normalized spacial score (nSPS) is 10.6. The molecule has 0 bridgehead atoms. The molecule has 0 atom stereocenters. The summed E-state index contributed by atoms with van der Waals surface area (Å²) >= 11 is 2.28. The lowest BCUT2D eigenvalue weighted by molar-refractivity contribution is 0.276. The van der Waals surface area contributed by atoms with Crippen LogP contribution in [0.3, 0.4) is 0 Å². The molecule has 2 N–H and O–H groups in total. The number of nitrogens with zero attached hydrogens (tertiary/aromatic N) is 3. The van der Waals surface area contributed by atoms with Crippen molar-refractivity contribution >= 4 is 28.3 Å². The predicted molar refractivity (Wildman–Crippen MR) is 78.2 cm³/mol. The van der Waals surface area contributed by atoms with Crippen LogP contribution in [0.1, 0.15) is 12.1 Å². The van der Waals surface area contributed by atoms with Gasteiger partial charge in [0.05, 0.1) is 12.7 Å². The minimum atomic E-state index is 0.176. The van der Waals surface area contributed by atoms with Crippen LogP contribution in [0.2, 0.25) is 0 Å². The molecule has 0 saturated heterocycles. The van der Waals surface area contributed by atoms with Gasteiger partial charge in [-0.3, -0.25) is 4.68 Å². The molecule has 1 aromatic heterocycles. The van der Waals surface area contributed by atoms with Crippen LogP contribution in [0.5, 0.6) is 0 Å². The molecule has 2 aromatic rings. The molecule has 1 aromatic carbocycles. The summed E-state index contributed by atoms with van der Waals surface area (Å²) in [6.45, 7) is 1.53. The fourth-order valence-corrected chi connectivity index (χ4v) is 2.10. The Morgan fingerprint density at radius 2 is 2.28 bits per heavy atom. The molecule has 0 unspecified atom stereocenters. The van der Waals surface area contributed by atoms with Crippen LogP contribution in [0.25, 0.3) is 0 Å². The van der Waals surface area contributed by atoms with Gasteiger partial charge in [-0.15, -0.1) is 5.10 Å². The molecule has 1 heterocycles. The Balaban J connectivity index is 1.88. The molecule has 0 aliphatic carbocycles. The Morgan fingerprint density at radius 3 is 3.06 bits per heavy atom. The summed E-state index contributed by atoms with van der Waals surface area (Å²) < 4.78 is 2.95. The van der Waals surface area contributed by atoms with Crippen LogP contribution in [0, 0.1) is 3.57 Å². The van der Waals surface area contributed by atoms with E-state index in [1.165, 1.54) is 3.57 Å². The topological polar surface area (TPSA) is 63.0 Å². The summed E-state index contributed by atoms with van der Waals surface area (Å²) in [4.78, 5) is 0. The van der Waals surface area contributed by atoms with Crippen LogP contribution < -0.4 is 5.32 Å². The molecule has 18 heavy (non-hydrogen) atoms. The maximum absolute atomic E-state index is 8.74. The fourth-order valence-electron chi connectivity index (χ4n) is 1.55. The highest BCUT2D eigenvalue weighted by molar-refractivity contribution is 14.1. The number of nitrogens with one attached hydrogen (secondary N) is 1. The highest BCUT2D eigenvalue weighted by atomic mass is 127. The van der Waals surface area contributed by atoms with E-state index < -0.39 is 0 Å². The van der Waals surface area contributed by atoms with Crippen molar-refractivity contribution in [2.75, 3.05) is 11.9 Å². The Labute approximate surface area is 119 Å². The Hall–Kier alpha value is -1.15. The quantitative estimate of drug-likeness (QED) is 0.774. The van der Waals surface area contributed by atoms with Crippen LogP contribution >= 0.6 is 22.6 Å². The van der Waals surface area contributed by atoms with Crippen molar-refractivity contribution in [3.05, 3.63) is 39.7 Å². The van der Waals surface area contributed by atoms with Crippen molar-refractivity contribution in [2.24, 2.45) is 0 Å². The molecule has 5 nitrogen and oxygen atoms in total.